The van der Waals surface area contributed by atoms with Crippen LogP contribution < -0.4 is 20.9 Å². The Morgan fingerprint density at radius 3 is 1.83 bits per heavy atom. The maximum atomic E-state index is 11.7. The topological polar surface area (TPSA) is 315 Å². The highest BCUT2D eigenvalue weighted by atomic mass is 32.2. The lowest BCUT2D eigenvalue weighted by molar-refractivity contribution is -0.432. The van der Waals surface area contributed by atoms with E-state index in [0.29, 0.717) is 17.4 Å². The van der Waals surface area contributed by atoms with Gasteiger partial charge >= 0.3 is 17.9 Å². The summed E-state index contributed by atoms with van der Waals surface area (Å²) in [5.41, 5.74) is 10.9. The molecule has 0 aliphatic carbocycles. The number of carboxylic acids is 3. The molecule has 0 saturated carbocycles. The number of phenolic OH excluding ortho intramolecular Hbond substituents is 1. The number of anilines is 2. The van der Waals surface area contributed by atoms with Gasteiger partial charge < -0.3 is 41.4 Å². The number of carboxylic acid groups (broad SMARTS) is 3. The van der Waals surface area contributed by atoms with Gasteiger partial charge in [0.05, 0.1) is 64.9 Å². The van der Waals surface area contributed by atoms with E-state index in [4.69, 9.17) is 26.2 Å². The molecule has 20 nitrogen and oxygen atoms in total. The molecule has 0 radical (unpaired) electrons. The molecule has 0 aliphatic heterocycles. The SMILES string of the molecule is COc1cc(N=Nc2c(SOOO)cc3ccc(N=Nc4c(N)cc(N)cc4C(=O)O)cc3c2O)c(OC)cc1N=Nc1cc(C(=O)O)cc(C(=O)O)c1. The van der Waals surface area contributed by atoms with Crippen molar-refractivity contribution < 1.29 is 58.9 Å². The maximum Gasteiger partial charge on any atom is 0.338 e. The van der Waals surface area contributed by atoms with Crippen LogP contribution in [0.1, 0.15) is 31.1 Å². The number of phenols is 1. The second kappa shape index (κ2) is 16.4. The van der Waals surface area contributed by atoms with Gasteiger partial charge in [-0.2, -0.15) is 10.2 Å². The number of nitrogen functional groups attached to an aromatic ring is 2. The number of fused-ring (bicyclic) bond motifs is 1. The quantitative estimate of drug-likeness (QED) is 0.0183. The normalized spacial score (nSPS) is 11.5. The average Bonchev–Trinajstić information content (AvgIpc) is 3.15. The molecule has 0 aromatic heterocycles. The zero-order chi connectivity index (χ0) is 39.1. The number of carbonyl (C=O) groups is 3. The van der Waals surface area contributed by atoms with Crippen LogP contribution in [0.15, 0.2) is 102 Å². The summed E-state index contributed by atoms with van der Waals surface area (Å²) in [6.07, 6.45) is 0. The molecule has 0 spiro atoms. The molecule has 0 aliphatic rings. The van der Waals surface area contributed by atoms with E-state index in [-0.39, 0.29) is 84.0 Å². The predicted octanol–water partition coefficient (Wildman–Crippen LogP) is 8.50. The van der Waals surface area contributed by atoms with E-state index in [0.717, 1.165) is 18.2 Å². The minimum Gasteiger partial charge on any atom is -0.505 e. The molecule has 0 amide bonds. The third-order valence-electron chi connectivity index (χ3n) is 7.27. The fourth-order valence-electron chi connectivity index (χ4n) is 4.82. The number of rotatable bonds is 14. The van der Waals surface area contributed by atoms with Crippen molar-refractivity contribution in [3.63, 3.8) is 0 Å². The first kappa shape index (κ1) is 38.0. The Morgan fingerprint density at radius 1 is 0.667 bits per heavy atom. The number of hydrogen-bond donors (Lipinski definition) is 7. The van der Waals surface area contributed by atoms with E-state index in [2.05, 4.69) is 40.1 Å². The van der Waals surface area contributed by atoms with Crippen molar-refractivity contribution in [2.24, 2.45) is 30.7 Å². The van der Waals surface area contributed by atoms with E-state index in [9.17, 15) is 34.8 Å². The highest BCUT2D eigenvalue weighted by molar-refractivity contribution is 7.94. The summed E-state index contributed by atoms with van der Waals surface area (Å²) < 4.78 is 15.5. The zero-order valence-corrected chi connectivity index (χ0v) is 28.5. The van der Waals surface area contributed by atoms with Crippen molar-refractivity contribution in [1.29, 1.82) is 0 Å². The van der Waals surface area contributed by atoms with Crippen molar-refractivity contribution in [2.75, 3.05) is 25.7 Å². The molecule has 0 fully saturated rings. The van der Waals surface area contributed by atoms with Gasteiger partial charge in [-0.3, -0.25) is 0 Å². The van der Waals surface area contributed by atoms with Gasteiger partial charge in [0.2, 0.25) is 0 Å². The second-order valence-electron chi connectivity index (χ2n) is 10.7. The number of methoxy groups -OCH3 is 2. The second-order valence-corrected chi connectivity index (χ2v) is 11.4. The van der Waals surface area contributed by atoms with Gasteiger partial charge in [-0.1, -0.05) is 11.1 Å². The Morgan fingerprint density at radius 2 is 1.26 bits per heavy atom. The highest BCUT2D eigenvalue weighted by Gasteiger charge is 2.19. The minimum atomic E-state index is -1.36. The van der Waals surface area contributed by atoms with Crippen LogP contribution >= 0.6 is 12.0 Å². The van der Waals surface area contributed by atoms with Crippen LogP contribution in [0.4, 0.5) is 45.5 Å². The standard InChI is InChI=1S/C33H26N8O12S/c1-50-25-13-24(26(51-2)12-23(25)38-37-19-6-15(31(43)44)5-16(7-19)32(45)46)39-41-29-27(54-53-52-49)8-14-3-4-18(11-20(14)30(29)42)36-40-28-21(33(47)48)9-17(34)10-22(28)35/h3-13,42,49H,34-35H2,1-2H3,(H,43,44)(H,45,46)(H,47,48). The number of aromatic carboxylic acids is 3. The fraction of sp³-hybridized carbons (Fsp3) is 0.0606. The summed E-state index contributed by atoms with van der Waals surface area (Å²) in [4.78, 5) is 34.9. The molecular formula is C33H26N8O12S. The highest BCUT2D eigenvalue weighted by Crippen LogP contribution is 2.47. The van der Waals surface area contributed by atoms with Crippen LogP contribution in [0.3, 0.4) is 0 Å². The Bertz CT molecular complexity index is 2370. The number of hydrogen-bond acceptors (Lipinski definition) is 18. The van der Waals surface area contributed by atoms with Crippen LogP contribution in [0.2, 0.25) is 0 Å². The first-order valence-electron chi connectivity index (χ1n) is 14.8. The van der Waals surface area contributed by atoms with Gasteiger partial charge in [-0.25, -0.2) is 19.6 Å². The van der Waals surface area contributed by atoms with Gasteiger partial charge in [0.25, 0.3) is 0 Å². The third kappa shape index (κ3) is 8.46. The molecule has 5 aromatic rings. The minimum absolute atomic E-state index is 0.0155. The lowest BCUT2D eigenvalue weighted by Gasteiger charge is -2.11. The number of aromatic hydroxyl groups is 1. The van der Waals surface area contributed by atoms with E-state index in [1.54, 1.807) is 6.07 Å². The molecule has 5 aromatic carbocycles. The van der Waals surface area contributed by atoms with E-state index in [1.807, 2.05) is 0 Å². The third-order valence-corrected chi connectivity index (χ3v) is 7.89. The Balaban J connectivity index is 1.54. The maximum absolute atomic E-state index is 11.7. The Labute approximate surface area is 306 Å². The van der Waals surface area contributed by atoms with Crippen LogP contribution in [-0.4, -0.2) is 57.8 Å². The molecule has 54 heavy (non-hydrogen) atoms. The molecule has 21 heteroatoms. The molecular weight excluding hydrogens is 732 g/mol. The number of nitrogens with zero attached hydrogens (tertiary/aromatic N) is 6. The van der Waals surface area contributed by atoms with E-state index < -0.39 is 23.7 Å². The number of nitrogens with two attached hydrogens (primary N) is 2. The molecule has 0 bridgehead atoms. The molecule has 0 heterocycles. The molecule has 0 saturated heterocycles. The molecule has 0 atom stereocenters. The van der Waals surface area contributed by atoms with E-state index in [1.165, 1.54) is 56.7 Å². The van der Waals surface area contributed by atoms with Crippen molar-refractivity contribution in [3.05, 3.63) is 83.4 Å². The predicted molar refractivity (Wildman–Crippen MR) is 191 cm³/mol. The first-order chi connectivity index (χ1) is 25.8. The molecule has 5 rings (SSSR count). The first-order valence-corrected chi connectivity index (χ1v) is 15.6. The lowest BCUT2D eigenvalue weighted by Crippen LogP contribution is -2.01. The summed E-state index contributed by atoms with van der Waals surface area (Å²) in [7, 11) is 2.65. The zero-order valence-electron chi connectivity index (χ0n) is 27.7. The van der Waals surface area contributed by atoms with Gasteiger partial charge in [0.1, 0.15) is 34.2 Å². The molecule has 0 unspecified atom stereocenters. The number of ether oxygens (including phenoxy) is 2. The fourth-order valence-corrected chi connectivity index (χ4v) is 5.31. The Kier molecular flexibility index (Phi) is 11.6. The van der Waals surface area contributed by atoms with Crippen LogP contribution in [-0.2, 0) is 9.37 Å². The van der Waals surface area contributed by atoms with Crippen LogP contribution in [0.25, 0.3) is 10.8 Å². The van der Waals surface area contributed by atoms with Crippen molar-refractivity contribution in [2.45, 2.75) is 4.90 Å². The van der Waals surface area contributed by atoms with Crippen molar-refractivity contribution in [1.82, 2.24) is 0 Å². The van der Waals surface area contributed by atoms with Gasteiger partial charge in [-0.05, 0) is 53.9 Å². The summed E-state index contributed by atoms with van der Waals surface area (Å²) in [6.45, 7) is 0. The van der Waals surface area contributed by atoms with Crippen LogP contribution in [0, 0.1) is 0 Å². The monoisotopic (exact) mass is 758 g/mol. The summed E-state index contributed by atoms with van der Waals surface area (Å²) in [6, 6.07) is 14.6. The van der Waals surface area contributed by atoms with Gasteiger partial charge in [-0.15, -0.1) is 24.8 Å². The van der Waals surface area contributed by atoms with Gasteiger partial charge in [0, 0.05) is 23.2 Å². The lowest BCUT2D eigenvalue weighted by atomic mass is 10.1. The number of azo groups is 3. The van der Waals surface area contributed by atoms with Crippen molar-refractivity contribution in [3.8, 4) is 17.2 Å². The van der Waals surface area contributed by atoms with E-state index >= 15 is 0 Å². The Hall–Kier alpha value is -7.20. The number of benzene rings is 5. The van der Waals surface area contributed by atoms with Crippen LogP contribution in [0.5, 0.6) is 17.2 Å². The smallest absolute Gasteiger partial charge is 0.338 e. The molecule has 9 N–H and O–H groups in total. The van der Waals surface area contributed by atoms with Gasteiger partial charge in [0.15, 0.2) is 5.75 Å². The molecule has 276 valence electrons. The summed E-state index contributed by atoms with van der Waals surface area (Å²) in [5, 5.41) is 77.5. The largest absolute Gasteiger partial charge is 0.505 e. The summed E-state index contributed by atoms with van der Waals surface area (Å²) in [5.74, 6) is -4.27. The van der Waals surface area contributed by atoms with Crippen molar-refractivity contribution >= 4 is 86.2 Å². The summed E-state index contributed by atoms with van der Waals surface area (Å²) >= 11 is 0.495. The average molecular weight is 759 g/mol.